The summed E-state index contributed by atoms with van der Waals surface area (Å²) in [6.07, 6.45) is 2.49. The van der Waals surface area contributed by atoms with Crippen molar-refractivity contribution in [1.29, 1.82) is 0 Å². The Morgan fingerprint density at radius 3 is 2.86 bits per heavy atom. The number of carbonyl (C=O) groups is 1. The van der Waals surface area contributed by atoms with Crippen molar-refractivity contribution in [3.63, 3.8) is 0 Å². The number of hydrogen-bond acceptors (Lipinski definition) is 6. The van der Waals surface area contributed by atoms with Crippen molar-refractivity contribution in [2.45, 2.75) is 33.2 Å². The van der Waals surface area contributed by atoms with Crippen LogP contribution in [0, 0.1) is 0 Å². The van der Waals surface area contributed by atoms with Crippen molar-refractivity contribution in [2.75, 3.05) is 37.8 Å². The number of anilines is 2. The molecular weight excluding hydrogens is 268 g/mol. The van der Waals surface area contributed by atoms with Crippen molar-refractivity contribution in [2.24, 2.45) is 0 Å². The number of rotatable bonds is 8. The molecule has 0 fully saturated rings. The van der Waals surface area contributed by atoms with Crippen LogP contribution in [0.5, 0.6) is 0 Å². The first-order chi connectivity index (χ1) is 9.95. The molecule has 0 aliphatic rings. The van der Waals surface area contributed by atoms with Crippen molar-refractivity contribution < 1.29 is 9.53 Å². The highest BCUT2D eigenvalue weighted by molar-refractivity contribution is 5.95. The number of ether oxygens (including phenoxy) is 1. The van der Waals surface area contributed by atoms with Gasteiger partial charge >= 0.3 is 5.97 Å². The van der Waals surface area contributed by atoms with Gasteiger partial charge < -0.3 is 20.7 Å². The number of hydrogen-bond donors (Lipinski definition) is 2. The molecule has 0 saturated heterocycles. The lowest BCUT2D eigenvalue weighted by Gasteiger charge is -2.21. The van der Waals surface area contributed by atoms with Gasteiger partial charge in [-0.25, -0.2) is 9.78 Å². The summed E-state index contributed by atoms with van der Waals surface area (Å²) in [5, 5.41) is 3.18. The van der Waals surface area contributed by atoms with Crippen LogP contribution < -0.4 is 11.1 Å². The largest absolute Gasteiger partial charge is 0.462 e. The van der Waals surface area contributed by atoms with Crippen molar-refractivity contribution in [3.05, 3.63) is 17.8 Å². The van der Waals surface area contributed by atoms with Gasteiger partial charge in [0.25, 0.3) is 0 Å². The fourth-order valence-electron chi connectivity index (χ4n) is 1.78. The van der Waals surface area contributed by atoms with E-state index in [9.17, 15) is 4.79 Å². The van der Waals surface area contributed by atoms with Gasteiger partial charge in [0.05, 0.1) is 18.5 Å². The van der Waals surface area contributed by atoms with E-state index in [1.165, 1.54) is 6.20 Å². The Kier molecular flexibility index (Phi) is 6.94. The fraction of sp³-hybridized carbons (Fsp3) is 0.600. The van der Waals surface area contributed by atoms with Gasteiger partial charge in [0, 0.05) is 12.6 Å². The molecule has 0 bridgehead atoms. The number of carbonyl (C=O) groups excluding carboxylic acids is 1. The van der Waals surface area contributed by atoms with Crippen LogP contribution >= 0.6 is 0 Å². The first-order valence-corrected chi connectivity index (χ1v) is 7.32. The standard InChI is InChI=1S/C15H26N4O2/c1-5-21-15(20)13-9-12(16)10-18-14(13)17-7-6-8-19(4)11(2)3/h9-11H,5-8,16H2,1-4H3,(H,17,18). The second-order valence-corrected chi connectivity index (χ2v) is 5.24. The molecule has 0 aromatic carbocycles. The van der Waals surface area contributed by atoms with Crippen molar-refractivity contribution in [1.82, 2.24) is 9.88 Å². The summed E-state index contributed by atoms with van der Waals surface area (Å²) in [5.74, 6) is 0.119. The molecule has 3 N–H and O–H groups in total. The minimum Gasteiger partial charge on any atom is -0.462 e. The Balaban J connectivity index is 2.60. The van der Waals surface area contributed by atoms with Crippen LogP contribution in [0.3, 0.4) is 0 Å². The van der Waals surface area contributed by atoms with Crippen molar-refractivity contribution in [3.8, 4) is 0 Å². The van der Waals surface area contributed by atoms with Crippen LogP contribution in [-0.4, -0.2) is 48.6 Å². The summed E-state index contributed by atoms with van der Waals surface area (Å²) in [6, 6.07) is 2.11. The van der Waals surface area contributed by atoms with E-state index in [1.54, 1.807) is 13.0 Å². The highest BCUT2D eigenvalue weighted by Gasteiger charge is 2.14. The molecule has 0 aliphatic carbocycles. The number of nitrogens with zero attached hydrogens (tertiary/aromatic N) is 2. The van der Waals surface area contributed by atoms with E-state index in [2.05, 4.69) is 36.1 Å². The van der Waals surface area contributed by atoms with Crippen LogP contribution in [0.25, 0.3) is 0 Å². The van der Waals surface area contributed by atoms with Gasteiger partial charge in [-0.3, -0.25) is 0 Å². The third-order valence-corrected chi connectivity index (χ3v) is 3.27. The monoisotopic (exact) mass is 294 g/mol. The van der Waals surface area contributed by atoms with Crippen LogP contribution in [0.4, 0.5) is 11.5 Å². The number of esters is 1. The number of aromatic nitrogens is 1. The predicted octanol–water partition coefficient (Wildman–Crippen LogP) is 1.98. The molecule has 0 aliphatic heterocycles. The van der Waals surface area contributed by atoms with Gasteiger partial charge in [-0.1, -0.05) is 0 Å². The van der Waals surface area contributed by atoms with Crippen LogP contribution in [0.15, 0.2) is 12.3 Å². The molecule has 1 aromatic heterocycles. The lowest BCUT2D eigenvalue weighted by molar-refractivity contribution is 0.0527. The average molecular weight is 294 g/mol. The van der Waals surface area contributed by atoms with E-state index in [-0.39, 0.29) is 0 Å². The number of nitrogen functional groups attached to an aromatic ring is 1. The Morgan fingerprint density at radius 2 is 2.24 bits per heavy atom. The molecule has 6 nitrogen and oxygen atoms in total. The Hall–Kier alpha value is -1.82. The maximum atomic E-state index is 11.9. The Morgan fingerprint density at radius 1 is 1.52 bits per heavy atom. The third-order valence-electron chi connectivity index (χ3n) is 3.27. The van der Waals surface area contributed by atoms with E-state index in [4.69, 9.17) is 10.5 Å². The van der Waals surface area contributed by atoms with E-state index < -0.39 is 5.97 Å². The highest BCUT2D eigenvalue weighted by atomic mass is 16.5. The third kappa shape index (κ3) is 5.59. The topological polar surface area (TPSA) is 80.5 Å². The van der Waals surface area contributed by atoms with Gasteiger partial charge in [-0.15, -0.1) is 0 Å². The lowest BCUT2D eigenvalue weighted by atomic mass is 10.2. The molecule has 0 saturated carbocycles. The zero-order valence-corrected chi connectivity index (χ0v) is 13.3. The smallest absolute Gasteiger partial charge is 0.341 e. The molecule has 0 radical (unpaired) electrons. The van der Waals surface area contributed by atoms with Gasteiger partial charge in [0.2, 0.25) is 0 Å². The van der Waals surface area contributed by atoms with Crippen molar-refractivity contribution >= 4 is 17.5 Å². The maximum Gasteiger partial charge on any atom is 0.341 e. The molecule has 0 amide bonds. The summed E-state index contributed by atoms with van der Waals surface area (Å²) >= 11 is 0. The molecular formula is C15H26N4O2. The quantitative estimate of drug-likeness (QED) is 0.564. The Labute approximate surface area is 126 Å². The fourth-order valence-corrected chi connectivity index (χ4v) is 1.78. The summed E-state index contributed by atoms with van der Waals surface area (Å²) in [6.45, 7) is 8.13. The summed E-state index contributed by atoms with van der Waals surface area (Å²) in [5.41, 5.74) is 6.52. The van der Waals surface area contributed by atoms with Crippen LogP contribution in [0.2, 0.25) is 0 Å². The van der Waals surface area contributed by atoms with Gasteiger partial charge in [0.15, 0.2) is 0 Å². The highest BCUT2D eigenvalue weighted by Crippen LogP contribution is 2.16. The molecule has 0 atom stereocenters. The molecule has 0 unspecified atom stereocenters. The van der Waals surface area contributed by atoms with Crippen LogP contribution in [0.1, 0.15) is 37.6 Å². The average Bonchev–Trinajstić information content (AvgIpc) is 2.44. The van der Waals surface area contributed by atoms with E-state index in [0.717, 1.165) is 19.5 Å². The second-order valence-electron chi connectivity index (χ2n) is 5.24. The van der Waals surface area contributed by atoms with E-state index in [0.29, 0.717) is 29.7 Å². The molecule has 1 heterocycles. The molecule has 118 valence electrons. The number of pyridine rings is 1. The number of nitrogens with one attached hydrogen (secondary N) is 1. The minimum atomic E-state index is -0.404. The summed E-state index contributed by atoms with van der Waals surface area (Å²) in [4.78, 5) is 18.3. The first kappa shape index (κ1) is 17.2. The molecule has 21 heavy (non-hydrogen) atoms. The lowest BCUT2D eigenvalue weighted by Crippen LogP contribution is -2.28. The zero-order valence-electron chi connectivity index (χ0n) is 13.3. The maximum absolute atomic E-state index is 11.9. The Bertz CT molecular complexity index is 463. The summed E-state index contributed by atoms with van der Waals surface area (Å²) in [7, 11) is 2.09. The normalized spacial score (nSPS) is 11.0. The van der Waals surface area contributed by atoms with Gasteiger partial charge in [0.1, 0.15) is 11.4 Å². The van der Waals surface area contributed by atoms with Gasteiger partial charge in [-0.2, -0.15) is 0 Å². The van der Waals surface area contributed by atoms with Crippen LogP contribution in [-0.2, 0) is 4.74 Å². The summed E-state index contributed by atoms with van der Waals surface area (Å²) < 4.78 is 5.02. The predicted molar refractivity (Wildman–Crippen MR) is 85.5 cm³/mol. The number of nitrogens with two attached hydrogens (primary N) is 1. The van der Waals surface area contributed by atoms with E-state index >= 15 is 0 Å². The minimum absolute atomic E-state index is 0.326. The second kappa shape index (κ2) is 8.46. The molecule has 0 spiro atoms. The molecule has 1 rings (SSSR count). The SMILES string of the molecule is CCOC(=O)c1cc(N)cnc1NCCCN(C)C(C)C. The molecule has 1 aromatic rings. The molecule has 6 heteroatoms. The zero-order chi connectivity index (χ0) is 15.8. The van der Waals surface area contributed by atoms with E-state index in [1.807, 2.05) is 0 Å². The van der Waals surface area contributed by atoms with Gasteiger partial charge in [-0.05, 0) is 46.9 Å². The first-order valence-electron chi connectivity index (χ1n) is 7.32.